The molecule has 1 amide bonds. The van der Waals surface area contributed by atoms with E-state index in [1.807, 2.05) is 24.3 Å². The third-order valence-corrected chi connectivity index (χ3v) is 4.59. The molecular weight excluding hydrogens is 298 g/mol. The molecule has 1 fully saturated rings. The topological polar surface area (TPSA) is 53.6 Å². The minimum Gasteiger partial charge on any atom is -0.497 e. The number of carbonyl (C=O) groups excluding carboxylic acids is 1. The van der Waals surface area contributed by atoms with Crippen LogP contribution in [0.2, 0.25) is 0 Å². The van der Waals surface area contributed by atoms with E-state index in [-0.39, 0.29) is 5.91 Å². The summed E-state index contributed by atoms with van der Waals surface area (Å²) in [6, 6.07) is 7.78. The zero-order valence-electron chi connectivity index (χ0n) is 13.1. The molecular formula is C16H25N3O2S. The summed E-state index contributed by atoms with van der Waals surface area (Å²) in [5, 5.41) is 6.33. The van der Waals surface area contributed by atoms with Crippen molar-refractivity contribution < 1.29 is 9.53 Å². The maximum absolute atomic E-state index is 11.8. The summed E-state index contributed by atoms with van der Waals surface area (Å²) in [6.45, 7) is 6.18. The number of hydrogen-bond acceptors (Lipinski definition) is 5. The first-order valence-corrected chi connectivity index (χ1v) is 8.73. The van der Waals surface area contributed by atoms with Crippen LogP contribution < -0.4 is 15.4 Å². The third kappa shape index (κ3) is 6.25. The summed E-state index contributed by atoms with van der Waals surface area (Å²) < 4.78 is 5.18. The Balaban J connectivity index is 1.57. The van der Waals surface area contributed by atoms with Crippen molar-refractivity contribution in [3.63, 3.8) is 0 Å². The van der Waals surface area contributed by atoms with Crippen molar-refractivity contribution in [1.82, 2.24) is 15.5 Å². The van der Waals surface area contributed by atoms with Crippen molar-refractivity contribution in [2.75, 3.05) is 52.1 Å². The lowest BCUT2D eigenvalue weighted by molar-refractivity contribution is -0.118. The van der Waals surface area contributed by atoms with Gasteiger partial charge in [0.2, 0.25) is 5.91 Å². The number of nitrogens with zero attached hydrogens (tertiary/aromatic N) is 1. The van der Waals surface area contributed by atoms with Crippen LogP contribution in [0.4, 0.5) is 0 Å². The second-order valence-corrected chi connectivity index (χ2v) is 6.31. The smallest absolute Gasteiger partial charge is 0.230 e. The molecule has 1 aromatic carbocycles. The molecule has 0 unspecified atom stereocenters. The maximum Gasteiger partial charge on any atom is 0.230 e. The van der Waals surface area contributed by atoms with E-state index < -0.39 is 0 Å². The fourth-order valence-electron chi connectivity index (χ4n) is 2.36. The summed E-state index contributed by atoms with van der Waals surface area (Å²) in [5.74, 6) is 1.36. The molecule has 1 aliphatic heterocycles. The number of benzene rings is 1. The van der Waals surface area contributed by atoms with Crippen molar-refractivity contribution in [1.29, 1.82) is 0 Å². The van der Waals surface area contributed by atoms with Crippen molar-refractivity contribution in [2.45, 2.75) is 11.3 Å². The van der Waals surface area contributed by atoms with E-state index >= 15 is 0 Å². The first-order chi connectivity index (χ1) is 10.8. The van der Waals surface area contributed by atoms with E-state index in [4.69, 9.17) is 4.74 Å². The quantitative estimate of drug-likeness (QED) is 0.556. The van der Waals surface area contributed by atoms with Gasteiger partial charge in [0, 0.05) is 37.6 Å². The molecule has 0 atom stereocenters. The van der Waals surface area contributed by atoms with Crippen molar-refractivity contribution in [3.05, 3.63) is 24.3 Å². The van der Waals surface area contributed by atoms with Gasteiger partial charge in [-0.25, -0.2) is 0 Å². The molecule has 1 aliphatic rings. The molecule has 22 heavy (non-hydrogen) atoms. The zero-order chi connectivity index (χ0) is 15.6. The average molecular weight is 323 g/mol. The molecule has 2 rings (SSSR count). The first kappa shape index (κ1) is 17.1. The van der Waals surface area contributed by atoms with Gasteiger partial charge in [-0.1, -0.05) is 6.07 Å². The van der Waals surface area contributed by atoms with Crippen LogP contribution >= 0.6 is 11.8 Å². The Morgan fingerprint density at radius 2 is 2.23 bits per heavy atom. The molecule has 1 heterocycles. The minimum absolute atomic E-state index is 0.0909. The summed E-state index contributed by atoms with van der Waals surface area (Å²) in [7, 11) is 1.65. The molecule has 2 N–H and O–H groups in total. The van der Waals surface area contributed by atoms with Crippen molar-refractivity contribution in [2.24, 2.45) is 0 Å². The Labute approximate surface area is 136 Å². The highest BCUT2D eigenvalue weighted by Crippen LogP contribution is 2.22. The highest BCUT2D eigenvalue weighted by Gasteiger charge is 2.09. The van der Waals surface area contributed by atoms with Crippen LogP contribution in [0, 0.1) is 0 Å². The molecule has 0 aromatic heterocycles. The lowest BCUT2D eigenvalue weighted by Gasteiger charge is -2.27. The Hall–Kier alpha value is -1.24. The number of ether oxygens (including phenoxy) is 1. The van der Waals surface area contributed by atoms with Gasteiger partial charge in [-0.2, -0.15) is 0 Å². The van der Waals surface area contributed by atoms with Gasteiger partial charge in [0.05, 0.1) is 12.9 Å². The van der Waals surface area contributed by atoms with Crippen LogP contribution in [0.1, 0.15) is 6.42 Å². The Morgan fingerprint density at radius 3 is 3.00 bits per heavy atom. The van der Waals surface area contributed by atoms with Crippen molar-refractivity contribution >= 4 is 17.7 Å². The molecule has 0 aliphatic carbocycles. The molecule has 0 saturated carbocycles. The molecule has 6 heteroatoms. The van der Waals surface area contributed by atoms with Gasteiger partial charge in [0.1, 0.15) is 5.75 Å². The first-order valence-electron chi connectivity index (χ1n) is 7.74. The molecule has 122 valence electrons. The second-order valence-electron chi connectivity index (χ2n) is 5.26. The Kier molecular flexibility index (Phi) is 7.56. The normalized spacial score (nSPS) is 15.5. The molecule has 0 spiro atoms. The molecule has 0 radical (unpaired) electrons. The summed E-state index contributed by atoms with van der Waals surface area (Å²) >= 11 is 1.53. The Bertz CT molecular complexity index is 464. The number of amides is 1. The van der Waals surface area contributed by atoms with Crippen molar-refractivity contribution in [3.8, 4) is 5.75 Å². The predicted octanol–water partition coefficient (Wildman–Crippen LogP) is 1.20. The van der Waals surface area contributed by atoms with E-state index in [1.54, 1.807) is 7.11 Å². The SMILES string of the molecule is COc1cccc(SCC(=O)NCCCN2CCNCC2)c1. The van der Waals surface area contributed by atoms with Crippen LogP contribution in [0.3, 0.4) is 0 Å². The fourth-order valence-corrected chi connectivity index (χ4v) is 3.13. The number of rotatable bonds is 8. The molecule has 1 aromatic rings. The van der Waals surface area contributed by atoms with E-state index in [0.717, 1.165) is 56.3 Å². The molecule has 5 nitrogen and oxygen atoms in total. The van der Waals surface area contributed by atoms with Crippen LogP contribution in [0.15, 0.2) is 29.2 Å². The number of hydrogen-bond donors (Lipinski definition) is 2. The van der Waals surface area contributed by atoms with E-state index in [1.165, 1.54) is 11.8 Å². The third-order valence-electron chi connectivity index (χ3n) is 3.59. The number of carbonyl (C=O) groups is 1. The summed E-state index contributed by atoms with van der Waals surface area (Å²) in [6.07, 6.45) is 1.01. The standard InChI is InChI=1S/C16H25N3O2S/c1-21-14-4-2-5-15(12-14)22-13-16(20)18-6-3-9-19-10-7-17-8-11-19/h2,4-5,12,17H,3,6-11,13H2,1H3,(H,18,20). The summed E-state index contributed by atoms with van der Waals surface area (Å²) in [4.78, 5) is 15.3. The van der Waals surface area contributed by atoms with Crippen LogP contribution in [-0.2, 0) is 4.79 Å². The highest BCUT2D eigenvalue weighted by molar-refractivity contribution is 8.00. The van der Waals surface area contributed by atoms with Gasteiger partial charge in [-0.05, 0) is 31.2 Å². The molecule has 1 saturated heterocycles. The second kappa shape index (κ2) is 9.71. The van der Waals surface area contributed by atoms with Crippen LogP contribution in [-0.4, -0.2) is 62.9 Å². The van der Waals surface area contributed by atoms with Crippen LogP contribution in [0.5, 0.6) is 5.75 Å². The number of thioether (sulfide) groups is 1. The van der Waals surface area contributed by atoms with E-state index in [9.17, 15) is 4.79 Å². The number of piperazine rings is 1. The fraction of sp³-hybridized carbons (Fsp3) is 0.562. The number of methoxy groups -OCH3 is 1. The van der Waals surface area contributed by atoms with E-state index in [0.29, 0.717) is 5.75 Å². The van der Waals surface area contributed by atoms with Gasteiger partial charge >= 0.3 is 0 Å². The average Bonchev–Trinajstić information content (AvgIpc) is 2.58. The van der Waals surface area contributed by atoms with Gasteiger partial charge in [0.25, 0.3) is 0 Å². The zero-order valence-corrected chi connectivity index (χ0v) is 14.0. The van der Waals surface area contributed by atoms with Gasteiger partial charge in [-0.15, -0.1) is 11.8 Å². The molecule has 0 bridgehead atoms. The maximum atomic E-state index is 11.8. The minimum atomic E-state index is 0.0909. The van der Waals surface area contributed by atoms with E-state index in [2.05, 4.69) is 15.5 Å². The monoisotopic (exact) mass is 323 g/mol. The van der Waals surface area contributed by atoms with Gasteiger partial charge < -0.3 is 20.3 Å². The van der Waals surface area contributed by atoms with Gasteiger partial charge in [-0.3, -0.25) is 4.79 Å². The Morgan fingerprint density at radius 1 is 1.41 bits per heavy atom. The van der Waals surface area contributed by atoms with Gasteiger partial charge in [0.15, 0.2) is 0 Å². The highest BCUT2D eigenvalue weighted by atomic mass is 32.2. The summed E-state index contributed by atoms with van der Waals surface area (Å²) in [5.41, 5.74) is 0. The largest absolute Gasteiger partial charge is 0.497 e. The van der Waals surface area contributed by atoms with Crippen LogP contribution in [0.25, 0.3) is 0 Å². The lowest BCUT2D eigenvalue weighted by atomic mass is 10.3. The predicted molar refractivity (Wildman–Crippen MR) is 90.7 cm³/mol. The number of nitrogens with one attached hydrogen (secondary N) is 2. The lowest BCUT2D eigenvalue weighted by Crippen LogP contribution is -2.44.